The smallest absolute Gasteiger partial charge is 0.490 e. The van der Waals surface area contributed by atoms with Crippen LogP contribution in [0.25, 0.3) is 6.08 Å². The second-order valence-corrected chi connectivity index (χ2v) is 10.3. The molecule has 1 aromatic carbocycles. The summed E-state index contributed by atoms with van der Waals surface area (Å²) >= 11 is 0. The number of carboxylic acids is 1. The molecule has 1 N–H and O–H groups in total. The monoisotopic (exact) mass is 482 g/mol. The summed E-state index contributed by atoms with van der Waals surface area (Å²) < 4.78 is 29.7. The van der Waals surface area contributed by atoms with Crippen LogP contribution < -0.4 is 9.47 Å². The third-order valence-electron chi connectivity index (χ3n) is 4.87. The van der Waals surface area contributed by atoms with Crippen LogP contribution in [0.3, 0.4) is 0 Å². The Hall–Kier alpha value is -1.87. The van der Waals surface area contributed by atoms with Gasteiger partial charge in [-0.2, -0.15) is 0 Å². The maximum atomic E-state index is 10.8. The van der Waals surface area contributed by atoms with Gasteiger partial charge in [0.2, 0.25) is 0 Å². The minimum absolute atomic E-state index is 0.533. The Morgan fingerprint density at radius 1 is 0.848 bits per heavy atom. The van der Waals surface area contributed by atoms with Gasteiger partial charge in [-0.05, 0) is 63.8 Å². The van der Waals surface area contributed by atoms with Gasteiger partial charge in [0.1, 0.15) is 0 Å². The predicted molar refractivity (Wildman–Crippen MR) is 133 cm³/mol. The average Bonchev–Trinajstić information content (AvgIpc) is 2.78. The van der Waals surface area contributed by atoms with Crippen LogP contribution >= 0.6 is 0 Å². The van der Waals surface area contributed by atoms with Crippen LogP contribution in [-0.4, -0.2) is 52.9 Å². The summed E-state index contributed by atoms with van der Waals surface area (Å²) in [5.74, 6) is 0.324. The van der Waals surface area contributed by atoms with E-state index in [1.165, 1.54) is 12.8 Å². The molecule has 0 bridgehead atoms. The highest BCUT2D eigenvalue weighted by molar-refractivity contribution is 6.60. The van der Waals surface area contributed by atoms with Crippen molar-refractivity contribution in [1.82, 2.24) is 0 Å². The fraction of sp³-hybridized carbons (Fsp3) is 0.640. The number of aliphatic carboxylic acids is 1. The maximum absolute atomic E-state index is 10.8. The van der Waals surface area contributed by atoms with E-state index in [9.17, 15) is 4.79 Å². The number of carboxylic acid groups (broad SMARTS) is 1. The molecule has 0 radical (unpaired) electrons. The van der Waals surface area contributed by atoms with Gasteiger partial charge in [0, 0.05) is 31.9 Å². The van der Waals surface area contributed by atoms with Crippen molar-refractivity contribution in [3.8, 4) is 11.5 Å². The molecule has 8 heteroatoms. The molecule has 1 aromatic rings. The van der Waals surface area contributed by atoms with Crippen molar-refractivity contribution in [3.63, 3.8) is 0 Å². The molecular weight excluding hydrogens is 440 g/mol. The first-order valence-electron chi connectivity index (χ1n) is 12.2. The molecule has 0 aromatic heterocycles. The Kier molecular flexibility index (Phi) is 15.5. The zero-order valence-corrected chi connectivity index (χ0v) is 21.8. The molecule has 0 heterocycles. The SMILES string of the molecule is CCCCCCOc1cc(C=CC(=O)O)ccc1OCCCC[Si](OCC)(OCC)OCC. The van der Waals surface area contributed by atoms with E-state index >= 15 is 0 Å². The lowest BCUT2D eigenvalue weighted by Gasteiger charge is -2.28. The number of hydrogen-bond donors (Lipinski definition) is 1. The van der Waals surface area contributed by atoms with Crippen LogP contribution in [-0.2, 0) is 18.1 Å². The van der Waals surface area contributed by atoms with Crippen LogP contribution in [0.2, 0.25) is 6.04 Å². The molecule has 1 rings (SSSR count). The maximum Gasteiger partial charge on any atom is 0.500 e. The number of carbonyl (C=O) groups is 1. The number of benzene rings is 1. The number of unbranched alkanes of at least 4 members (excludes halogenated alkanes) is 4. The van der Waals surface area contributed by atoms with Crippen LogP contribution in [0.4, 0.5) is 0 Å². The summed E-state index contributed by atoms with van der Waals surface area (Å²) in [7, 11) is -2.63. The third kappa shape index (κ3) is 12.2. The predicted octanol–water partition coefficient (Wildman–Crippen LogP) is 5.95. The van der Waals surface area contributed by atoms with E-state index in [0.717, 1.165) is 43.4 Å². The largest absolute Gasteiger partial charge is 0.500 e. The molecule has 0 saturated heterocycles. The Labute approximate surface area is 200 Å². The van der Waals surface area contributed by atoms with E-state index in [1.54, 1.807) is 6.08 Å². The third-order valence-corrected chi connectivity index (χ3v) is 8.02. The molecule has 33 heavy (non-hydrogen) atoms. The van der Waals surface area contributed by atoms with Crippen molar-refractivity contribution in [2.45, 2.75) is 72.3 Å². The highest BCUT2D eigenvalue weighted by atomic mass is 28.4. The van der Waals surface area contributed by atoms with Gasteiger partial charge >= 0.3 is 14.8 Å². The van der Waals surface area contributed by atoms with E-state index in [0.29, 0.717) is 44.5 Å². The van der Waals surface area contributed by atoms with Gasteiger partial charge in [0.25, 0.3) is 0 Å². The Balaban J connectivity index is 2.69. The van der Waals surface area contributed by atoms with Crippen LogP contribution in [0.1, 0.15) is 71.8 Å². The van der Waals surface area contributed by atoms with Crippen molar-refractivity contribution in [2.75, 3.05) is 33.0 Å². The van der Waals surface area contributed by atoms with Crippen LogP contribution in [0.15, 0.2) is 24.3 Å². The molecule has 188 valence electrons. The summed E-state index contributed by atoms with van der Waals surface area (Å²) in [6.45, 7) is 10.9. The number of rotatable bonds is 20. The Morgan fingerprint density at radius 3 is 2.03 bits per heavy atom. The first-order chi connectivity index (χ1) is 16.0. The quantitative estimate of drug-likeness (QED) is 0.140. The number of ether oxygens (including phenoxy) is 2. The fourth-order valence-electron chi connectivity index (χ4n) is 3.37. The van der Waals surface area contributed by atoms with Crippen molar-refractivity contribution < 1.29 is 32.7 Å². The summed E-state index contributed by atoms with van der Waals surface area (Å²) in [5.41, 5.74) is 0.759. The normalized spacial score (nSPS) is 11.8. The first kappa shape index (κ1) is 29.2. The molecule has 0 fully saturated rings. The minimum Gasteiger partial charge on any atom is -0.490 e. The lowest BCUT2D eigenvalue weighted by atomic mass is 10.2. The highest BCUT2D eigenvalue weighted by Crippen LogP contribution is 2.30. The van der Waals surface area contributed by atoms with Crippen molar-refractivity contribution in [1.29, 1.82) is 0 Å². The molecule has 0 aliphatic heterocycles. The fourth-order valence-corrected chi connectivity index (χ4v) is 6.05. The van der Waals surface area contributed by atoms with Crippen molar-refractivity contribution in [2.24, 2.45) is 0 Å². The van der Waals surface area contributed by atoms with Gasteiger partial charge in [0.15, 0.2) is 11.5 Å². The zero-order chi connectivity index (χ0) is 24.4. The van der Waals surface area contributed by atoms with Gasteiger partial charge in [-0.1, -0.05) is 32.3 Å². The zero-order valence-electron chi connectivity index (χ0n) is 20.8. The standard InChI is InChI=1S/C25H42O7Si/c1-5-9-10-11-18-29-24-21-22(15-17-25(26)27)14-16-23(24)28-19-12-13-20-33(30-6-2,31-7-3)32-8-4/h14-17,21H,5-13,18-20H2,1-4H3,(H,26,27). The molecular formula is C25H42O7Si. The number of hydrogen-bond acceptors (Lipinski definition) is 6. The summed E-state index contributed by atoms with van der Waals surface area (Å²) in [6.07, 6.45) is 8.82. The first-order valence-corrected chi connectivity index (χ1v) is 14.2. The van der Waals surface area contributed by atoms with E-state index in [-0.39, 0.29) is 0 Å². The van der Waals surface area contributed by atoms with Gasteiger partial charge in [-0.3, -0.25) is 0 Å². The summed E-state index contributed by atoms with van der Waals surface area (Å²) in [5, 5.41) is 8.88. The summed E-state index contributed by atoms with van der Waals surface area (Å²) in [6, 6.07) is 6.25. The van der Waals surface area contributed by atoms with E-state index in [1.807, 2.05) is 39.0 Å². The van der Waals surface area contributed by atoms with Gasteiger partial charge in [-0.25, -0.2) is 4.79 Å². The van der Waals surface area contributed by atoms with Crippen LogP contribution in [0, 0.1) is 0 Å². The van der Waals surface area contributed by atoms with Crippen LogP contribution in [0.5, 0.6) is 11.5 Å². The molecule has 0 spiro atoms. The summed E-state index contributed by atoms with van der Waals surface area (Å²) in [4.78, 5) is 10.8. The van der Waals surface area contributed by atoms with Gasteiger partial charge in [-0.15, -0.1) is 0 Å². The molecule has 0 amide bonds. The highest BCUT2D eigenvalue weighted by Gasteiger charge is 2.39. The van der Waals surface area contributed by atoms with Crippen molar-refractivity contribution in [3.05, 3.63) is 29.8 Å². The molecule has 7 nitrogen and oxygen atoms in total. The average molecular weight is 483 g/mol. The molecule has 0 saturated carbocycles. The lowest BCUT2D eigenvalue weighted by molar-refractivity contribution is -0.131. The van der Waals surface area contributed by atoms with E-state index < -0.39 is 14.8 Å². The Bertz CT molecular complexity index is 676. The second-order valence-electron chi connectivity index (χ2n) is 7.57. The Morgan fingerprint density at radius 2 is 1.45 bits per heavy atom. The molecule has 0 aliphatic rings. The minimum atomic E-state index is -2.63. The molecule has 0 unspecified atom stereocenters. The van der Waals surface area contributed by atoms with Crippen molar-refractivity contribution >= 4 is 20.8 Å². The van der Waals surface area contributed by atoms with E-state index in [4.69, 9.17) is 27.9 Å². The second kappa shape index (κ2) is 17.6. The van der Waals surface area contributed by atoms with Gasteiger partial charge in [0.05, 0.1) is 13.2 Å². The van der Waals surface area contributed by atoms with Gasteiger partial charge < -0.3 is 27.9 Å². The van der Waals surface area contributed by atoms with E-state index in [2.05, 4.69) is 6.92 Å². The molecule has 0 atom stereocenters. The molecule has 0 aliphatic carbocycles. The topological polar surface area (TPSA) is 83.5 Å². The lowest BCUT2D eigenvalue weighted by Crippen LogP contribution is -2.45.